The molecule has 0 aromatic rings. The molecule has 23 heavy (non-hydrogen) atoms. The average molecular weight is 329 g/mol. The second-order valence-corrected chi connectivity index (χ2v) is 7.66. The molecule has 3 heteroatoms. The van der Waals surface area contributed by atoms with E-state index in [2.05, 4.69) is 0 Å². The van der Waals surface area contributed by atoms with E-state index in [1.807, 2.05) is 20.8 Å². The average Bonchev–Trinajstić information content (AvgIpc) is 2.46. The summed E-state index contributed by atoms with van der Waals surface area (Å²) >= 11 is 0. The van der Waals surface area contributed by atoms with Crippen molar-refractivity contribution in [2.45, 2.75) is 116 Å². The van der Waals surface area contributed by atoms with Crippen molar-refractivity contribution in [1.82, 2.24) is 0 Å². The predicted molar refractivity (Wildman–Crippen MR) is 97.6 cm³/mol. The van der Waals surface area contributed by atoms with Gasteiger partial charge in [0.25, 0.3) is 0 Å². The molecule has 0 fully saturated rings. The molecule has 0 spiro atoms. The van der Waals surface area contributed by atoms with Crippen LogP contribution in [0.1, 0.15) is 111 Å². The predicted octanol–water partition coefficient (Wildman–Crippen LogP) is 5.78. The van der Waals surface area contributed by atoms with Crippen molar-refractivity contribution in [3.8, 4) is 0 Å². The van der Waals surface area contributed by atoms with Crippen LogP contribution in [0.25, 0.3) is 0 Å². The molecule has 0 atom stereocenters. The van der Waals surface area contributed by atoms with E-state index < -0.39 is 0 Å². The van der Waals surface area contributed by atoms with Crippen molar-refractivity contribution in [3.05, 3.63) is 0 Å². The minimum Gasteiger partial charge on any atom is -0.460 e. The van der Waals surface area contributed by atoms with E-state index in [9.17, 15) is 4.79 Å². The highest BCUT2D eigenvalue weighted by Gasteiger charge is 2.15. The van der Waals surface area contributed by atoms with Crippen LogP contribution in [0.5, 0.6) is 0 Å². The standard InChI is InChI=1S/C20H40O3/c1-20(2,3)23-19(22)17-15-13-11-9-7-5-4-6-8-10-12-14-16-18-21/h21H,4-18H2,1-3H3. The van der Waals surface area contributed by atoms with Crippen molar-refractivity contribution in [2.24, 2.45) is 0 Å². The van der Waals surface area contributed by atoms with Gasteiger partial charge in [0.1, 0.15) is 5.60 Å². The first-order valence-electron chi connectivity index (χ1n) is 9.78. The molecule has 0 aliphatic carbocycles. The number of aliphatic hydroxyl groups excluding tert-OH is 1. The molecule has 0 aromatic heterocycles. The summed E-state index contributed by atoms with van der Waals surface area (Å²) in [5.74, 6) is -0.0588. The second-order valence-electron chi connectivity index (χ2n) is 7.66. The van der Waals surface area contributed by atoms with Gasteiger partial charge >= 0.3 is 5.97 Å². The Hall–Kier alpha value is -0.570. The molecule has 138 valence electrons. The van der Waals surface area contributed by atoms with E-state index in [0.717, 1.165) is 19.3 Å². The molecule has 0 saturated carbocycles. The van der Waals surface area contributed by atoms with E-state index in [-0.39, 0.29) is 11.6 Å². The van der Waals surface area contributed by atoms with Gasteiger partial charge in [-0.15, -0.1) is 0 Å². The van der Waals surface area contributed by atoms with Gasteiger partial charge in [0.05, 0.1) is 0 Å². The Morgan fingerprint density at radius 2 is 1.04 bits per heavy atom. The number of hydrogen-bond donors (Lipinski definition) is 1. The van der Waals surface area contributed by atoms with Gasteiger partial charge < -0.3 is 9.84 Å². The summed E-state index contributed by atoms with van der Waals surface area (Å²) in [7, 11) is 0. The minimum atomic E-state index is -0.351. The van der Waals surface area contributed by atoms with Crippen molar-refractivity contribution < 1.29 is 14.6 Å². The molecule has 0 heterocycles. The summed E-state index contributed by atoms with van der Waals surface area (Å²) in [5.41, 5.74) is -0.351. The molecule has 3 nitrogen and oxygen atoms in total. The zero-order valence-electron chi connectivity index (χ0n) is 15.9. The van der Waals surface area contributed by atoms with Gasteiger partial charge in [-0.1, -0.05) is 70.6 Å². The summed E-state index contributed by atoms with van der Waals surface area (Å²) in [5, 5.41) is 8.69. The maximum atomic E-state index is 11.5. The smallest absolute Gasteiger partial charge is 0.306 e. The Labute approximate surface area is 144 Å². The first kappa shape index (κ1) is 22.4. The highest BCUT2D eigenvalue weighted by Crippen LogP contribution is 2.14. The van der Waals surface area contributed by atoms with Crippen LogP contribution in [0.3, 0.4) is 0 Å². The second kappa shape index (κ2) is 15.0. The molecule has 0 aliphatic heterocycles. The molecule has 0 amide bonds. The largest absolute Gasteiger partial charge is 0.460 e. The molecule has 0 aromatic carbocycles. The van der Waals surface area contributed by atoms with Crippen LogP contribution in [0.15, 0.2) is 0 Å². The van der Waals surface area contributed by atoms with E-state index in [1.54, 1.807) is 0 Å². The SMILES string of the molecule is CC(C)(C)OC(=O)CCCCCCCCCCCCCCCO. The van der Waals surface area contributed by atoms with Crippen molar-refractivity contribution in [3.63, 3.8) is 0 Å². The zero-order chi connectivity index (χ0) is 17.4. The molecular weight excluding hydrogens is 288 g/mol. The molecule has 0 rings (SSSR count). The summed E-state index contributed by atoms with van der Waals surface area (Å²) < 4.78 is 5.30. The molecule has 0 saturated heterocycles. The lowest BCUT2D eigenvalue weighted by atomic mass is 10.0. The van der Waals surface area contributed by atoms with Gasteiger partial charge in [0.2, 0.25) is 0 Å². The fourth-order valence-corrected chi connectivity index (χ4v) is 2.72. The highest BCUT2D eigenvalue weighted by atomic mass is 16.6. The quantitative estimate of drug-likeness (QED) is 0.306. The monoisotopic (exact) mass is 328 g/mol. The molecular formula is C20H40O3. The first-order valence-corrected chi connectivity index (χ1v) is 9.78. The van der Waals surface area contributed by atoms with Crippen LogP contribution in [-0.2, 0) is 9.53 Å². The number of carbonyl (C=O) groups excluding carboxylic acids is 1. The van der Waals surface area contributed by atoms with Crippen LogP contribution in [0.2, 0.25) is 0 Å². The van der Waals surface area contributed by atoms with Gasteiger partial charge in [0, 0.05) is 13.0 Å². The highest BCUT2D eigenvalue weighted by molar-refractivity contribution is 5.69. The van der Waals surface area contributed by atoms with Crippen LogP contribution in [-0.4, -0.2) is 23.3 Å². The fraction of sp³-hybridized carbons (Fsp3) is 0.950. The lowest BCUT2D eigenvalue weighted by molar-refractivity contribution is -0.154. The summed E-state index contributed by atoms with van der Waals surface area (Å²) in [6.07, 6.45) is 16.7. The lowest BCUT2D eigenvalue weighted by Crippen LogP contribution is -2.23. The van der Waals surface area contributed by atoms with E-state index in [1.165, 1.54) is 64.2 Å². The molecule has 0 aliphatic rings. The van der Waals surface area contributed by atoms with Crippen molar-refractivity contribution in [1.29, 1.82) is 0 Å². The van der Waals surface area contributed by atoms with Gasteiger partial charge in [0.15, 0.2) is 0 Å². The van der Waals surface area contributed by atoms with E-state index in [4.69, 9.17) is 9.84 Å². The zero-order valence-corrected chi connectivity index (χ0v) is 15.9. The summed E-state index contributed by atoms with van der Waals surface area (Å²) in [4.78, 5) is 11.5. The number of ether oxygens (including phenoxy) is 1. The maximum Gasteiger partial charge on any atom is 0.306 e. The van der Waals surface area contributed by atoms with Crippen LogP contribution in [0, 0.1) is 0 Å². The molecule has 0 unspecified atom stereocenters. The van der Waals surface area contributed by atoms with E-state index >= 15 is 0 Å². The fourth-order valence-electron chi connectivity index (χ4n) is 2.72. The maximum absolute atomic E-state index is 11.5. The number of esters is 1. The Balaban J connectivity index is 3.15. The topological polar surface area (TPSA) is 46.5 Å². The number of unbranched alkanes of at least 4 members (excludes halogenated alkanes) is 12. The van der Waals surface area contributed by atoms with Crippen LogP contribution < -0.4 is 0 Å². The number of rotatable bonds is 15. The normalized spacial score (nSPS) is 11.7. The van der Waals surface area contributed by atoms with Gasteiger partial charge in [-0.3, -0.25) is 4.79 Å². The van der Waals surface area contributed by atoms with Crippen molar-refractivity contribution in [2.75, 3.05) is 6.61 Å². The van der Waals surface area contributed by atoms with Gasteiger partial charge in [-0.25, -0.2) is 0 Å². The Bertz CT molecular complexity index is 269. The van der Waals surface area contributed by atoms with Crippen LogP contribution in [0.4, 0.5) is 0 Å². The van der Waals surface area contributed by atoms with Crippen LogP contribution >= 0.6 is 0 Å². The Morgan fingerprint density at radius 3 is 1.39 bits per heavy atom. The summed E-state index contributed by atoms with van der Waals surface area (Å²) in [6.45, 7) is 6.10. The number of aliphatic hydroxyl groups is 1. The molecule has 1 N–H and O–H groups in total. The first-order chi connectivity index (χ1) is 11.0. The minimum absolute atomic E-state index is 0.0588. The Kier molecular flexibility index (Phi) is 14.6. The Morgan fingerprint density at radius 1 is 0.696 bits per heavy atom. The molecule has 0 bridgehead atoms. The lowest BCUT2D eigenvalue weighted by Gasteiger charge is -2.19. The number of carbonyl (C=O) groups is 1. The van der Waals surface area contributed by atoms with Gasteiger partial charge in [-0.2, -0.15) is 0 Å². The third-order valence-corrected chi connectivity index (χ3v) is 3.96. The third kappa shape index (κ3) is 19.4. The third-order valence-electron chi connectivity index (χ3n) is 3.96. The van der Waals surface area contributed by atoms with Crippen molar-refractivity contribution >= 4 is 5.97 Å². The van der Waals surface area contributed by atoms with Gasteiger partial charge in [-0.05, 0) is 33.6 Å². The molecule has 0 radical (unpaired) electrons. The number of hydrogen-bond acceptors (Lipinski definition) is 3. The van der Waals surface area contributed by atoms with E-state index in [0.29, 0.717) is 13.0 Å². The summed E-state index contributed by atoms with van der Waals surface area (Å²) in [6, 6.07) is 0.